The summed E-state index contributed by atoms with van der Waals surface area (Å²) in [4.78, 5) is 3.91. The van der Waals surface area contributed by atoms with Crippen LogP contribution in [-0.4, -0.2) is 10.1 Å². The van der Waals surface area contributed by atoms with Gasteiger partial charge in [-0.1, -0.05) is 0 Å². The Kier molecular flexibility index (Phi) is 1.60. The molecule has 2 rings (SSSR count). The SMILES string of the molecule is N#Cc1cc2cc(O)ccc2cn1. The molecule has 0 aliphatic rings. The average Bonchev–Trinajstić information content (AvgIpc) is 2.16. The maximum atomic E-state index is 9.19. The summed E-state index contributed by atoms with van der Waals surface area (Å²) in [6.45, 7) is 0. The number of fused-ring (bicyclic) bond motifs is 1. The first-order valence-electron chi connectivity index (χ1n) is 3.78. The van der Waals surface area contributed by atoms with Gasteiger partial charge in [-0.25, -0.2) is 4.98 Å². The van der Waals surface area contributed by atoms with Crippen molar-refractivity contribution in [2.75, 3.05) is 0 Å². The molecule has 0 atom stereocenters. The van der Waals surface area contributed by atoms with E-state index in [2.05, 4.69) is 4.98 Å². The molecule has 1 heterocycles. The van der Waals surface area contributed by atoms with Crippen LogP contribution < -0.4 is 0 Å². The van der Waals surface area contributed by atoms with Crippen molar-refractivity contribution >= 4 is 10.8 Å². The minimum Gasteiger partial charge on any atom is -0.508 e. The molecule has 1 aromatic carbocycles. The van der Waals surface area contributed by atoms with Crippen LogP contribution in [0.15, 0.2) is 30.5 Å². The lowest BCUT2D eigenvalue weighted by atomic mass is 10.1. The normalized spacial score (nSPS) is 9.77. The Hall–Kier alpha value is -2.08. The van der Waals surface area contributed by atoms with Crippen LogP contribution in [0.3, 0.4) is 0 Å². The van der Waals surface area contributed by atoms with E-state index >= 15 is 0 Å². The predicted molar refractivity (Wildman–Crippen MR) is 48.1 cm³/mol. The largest absolute Gasteiger partial charge is 0.508 e. The van der Waals surface area contributed by atoms with Crippen molar-refractivity contribution in [1.82, 2.24) is 4.98 Å². The first-order valence-corrected chi connectivity index (χ1v) is 3.78. The van der Waals surface area contributed by atoms with Gasteiger partial charge < -0.3 is 5.11 Å². The second-order valence-corrected chi connectivity index (χ2v) is 2.71. The van der Waals surface area contributed by atoms with E-state index in [1.54, 1.807) is 30.5 Å². The molecule has 0 saturated heterocycles. The molecule has 0 saturated carbocycles. The number of benzene rings is 1. The Morgan fingerprint density at radius 2 is 2.08 bits per heavy atom. The number of hydrogen-bond donors (Lipinski definition) is 1. The molecule has 2 aromatic rings. The predicted octanol–water partition coefficient (Wildman–Crippen LogP) is 1.81. The van der Waals surface area contributed by atoms with E-state index < -0.39 is 0 Å². The number of phenolic OH excluding ortho intramolecular Hbond substituents is 1. The summed E-state index contributed by atoms with van der Waals surface area (Å²) in [5, 5.41) is 19.5. The fourth-order valence-corrected chi connectivity index (χ4v) is 1.19. The van der Waals surface area contributed by atoms with Gasteiger partial charge in [-0.2, -0.15) is 5.26 Å². The van der Waals surface area contributed by atoms with Gasteiger partial charge in [0.05, 0.1) is 0 Å². The van der Waals surface area contributed by atoms with E-state index in [9.17, 15) is 5.11 Å². The summed E-state index contributed by atoms with van der Waals surface area (Å²) < 4.78 is 0. The highest BCUT2D eigenvalue weighted by Crippen LogP contribution is 2.19. The Morgan fingerprint density at radius 3 is 2.85 bits per heavy atom. The third-order valence-electron chi connectivity index (χ3n) is 1.82. The Balaban J connectivity index is 2.77. The van der Waals surface area contributed by atoms with Crippen LogP contribution in [0, 0.1) is 11.3 Å². The van der Waals surface area contributed by atoms with E-state index in [4.69, 9.17) is 5.26 Å². The molecule has 3 nitrogen and oxygen atoms in total. The highest BCUT2D eigenvalue weighted by atomic mass is 16.3. The zero-order chi connectivity index (χ0) is 9.26. The first-order chi connectivity index (χ1) is 6.29. The van der Waals surface area contributed by atoms with Gasteiger partial charge in [0, 0.05) is 11.6 Å². The number of aromatic nitrogens is 1. The van der Waals surface area contributed by atoms with E-state index in [1.807, 2.05) is 6.07 Å². The monoisotopic (exact) mass is 170 g/mol. The van der Waals surface area contributed by atoms with Gasteiger partial charge in [0.15, 0.2) is 0 Å². The van der Waals surface area contributed by atoms with Crippen molar-refractivity contribution in [2.45, 2.75) is 0 Å². The smallest absolute Gasteiger partial charge is 0.141 e. The highest BCUT2D eigenvalue weighted by Gasteiger charge is 1.97. The molecule has 3 heteroatoms. The summed E-state index contributed by atoms with van der Waals surface area (Å²) in [6, 6.07) is 8.56. The van der Waals surface area contributed by atoms with Gasteiger partial charge in [-0.15, -0.1) is 0 Å². The highest BCUT2D eigenvalue weighted by molar-refractivity contribution is 5.83. The molecule has 0 bridgehead atoms. The Bertz CT molecular complexity index is 500. The van der Waals surface area contributed by atoms with Gasteiger partial charge >= 0.3 is 0 Å². The third-order valence-corrected chi connectivity index (χ3v) is 1.82. The minimum atomic E-state index is 0.197. The summed E-state index contributed by atoms with van der Waals surface area (Å²) in [6.07, 6.45) is 1.62. The summed E-state index contributed by atoms with van der Waals surface area (Å²) in [5.74, 6) is 0.197. The van der Waals surface area contributed by atoms with Gasteiger partial charge in [0.1, 0.15) is 17.5 Å². The summed E-state index contributed by atoms with van der Waals surface area (Å²) >= 11 is 0. The van der Waals surface area contributed by atoms with E-state index in [0.29, 0.717) is 5.69 Å². The maximum absolute atomic E-state index is 9.19. The number of hydrogen-bond acceptors (Lipinski definition) is 3. The summed E-state index contributed by atoms with van der Waals surface area (Å²) in [7, 11) is 0. The lowest BCUT2D eigenvalue weighted by Crippen LogP contribution is -1.81. The van der Waals surface area contributed by atoms with Crippen molar-refractivity contribution in [3.8, 4) is 11.8 Å². The zero-order valence-corrected chi connectivity index (χ0v) is 6.73. The van der Waals surface area contributed by atoms with Crippen LogP contribution in [0.4, 0.5) is 0 Å². The van der Waals surface area contributed by atoms with Crippen LogP contribution in [0.1, 0.15) is 5.69 Å². The minimum absolute atomic E-state index is 0.197. The number of rotatable bonds is 0. The molecule has 0 radical (unpaired) electrons. The molecule has 0 unspecified atom stereocenters. The topological polar surface area (TPSA) is 56.9 Å². The van der Waals surface area contributed by atoms with Crippen molar-refractivity contribution < 1.29 is 5.11 Å². The van der Waals surface area contributed by atoms with Gasteiger partial charge in [0.25, 0.3) is 0 Å². The molecule has 1 aromatic heterocycles. The number of pyridine rings is 1. The van der Waals surface area contributed by atoms with Gasteiger partial charge in [-0.05, 0) is 29.7 Å². The third kappa shape index (κ3) is 1.30. The van der Waals surface area contributed by atoms with Crippen LogP contribution in [0.5, 0.6) is 5.75 Å². The Labute approximate surface area is 74.9 Å². The van der Waals surface area contributed by atoms with Crippen LogP contribution in [-0.2, 0) is 0 Å². The molecular formula is C10H6N2O. The Morgan fingerprint density at radius 1 is 1.23 bits per heavy atom. The first kappa shape index (κ1) is 7.56. The molecular weight excluding hydrogens is 164 g/mol. The maximum Gasteiger partial charge on any atom is 0.141 e. The number of nitrogens with zero attached hydrogens (tertiary/aromatic N) is 2. The zero-order valence-electron chi connectivity index (χ0n) is 6.73. The van der Waals surface area contributed by atoms with Crippen LogP contribution in [0.2, 0.25) is 0 Å². The van der Waals surface area contributed by atoms with Crippen molar-refractivity contribution in [3.63, 3.8) is 0 Å². The van der Waals surface area contributed by atoms with Crippen LogP contribution in [0.25, 0.3) is 10.8 Å². The van der Waals surface area contributed by atoms with E-state index in [0.717, 1.165) is 10.8 Å². The number of phenols is 1. The second kappa shape index (κ2) is 2.76. The average molecular weight is 170 g/mol. The molecule has 13 heavy (non-hydrogen) atoms. The lowest BCUT2D eigenvalue weighted by Gasteiger charge is -1.97. The quantitative estimate of drug-likeness (QED) is 0.656. The molecule has 0 amide bonds. The second-order valence-electron chi connectivity index (χ2n) is 2.71. The number of aromatic hydroxyl groups is 1. The van der Waals surface area contributed by atoms with Crippen molar-refractivity contribution in [3.05, 3.63) is 36.2 Å². The van der Waals surface area contributed by atoms with E-state index in [1.165, 1.54) is 0 Å². The van der Waals surface area contributed by atoms with Gasteiger partial charge in [-0.3, -0.25) is 0 Å². The number of nitriles is 1. The molecule has 0 fully saturated rings. The van der Waals surface area contributed by atoms with Crippen molar-refractivity contribution in [2.24, 2.45) is 0 Å². The summed E-state index contributed by atoms with van der Waals surface area (Å²) in [5.41, 5.74) is 0.359. The standard InChI is InChI=1S/C10H6N2O/c11-5-9-3-8-4-10(13)2-1-7(8)6-12-9/h1-4,6,13H. The molecule has 1 N–H and O–H groups in total. The molecule has 0 aliphatic heterocycles. The molecule has 0 spiro atoms. The lowest BCUT2D eigenvalue weighted by molar-refractivity contribution is 0.476. The molecule has 62 valence electrons. The molecule has 0 aliphatic carbocycles. The van der Waals surface area contributed by atoms with Crippen LogP contribution >= 0.6 is 0 Å². The van der Waals surface area contributed by atoms with Crippen molar-refractivity contribution in [1.29, 1.82) is 5.26 Å². The fourth-order valence-electron chi connectivity index (χ4n) is 1.19. The fraction of sp³-hybridized carbons (Fsp3) is 0. The van der Waals surface area contributed by atoms with Gasteiger partial charge in [0.2, 0.25) is 0 Å². The van der Waals surface area contributed by atoms with E-state index in [-0.39, 0.29) is 5.75 Å².